The summed E-state index contributed by atoms with van der Waals surface area (Å²) in [6.45, 7) is 7.49. The summed E-state index contributed by atoms with van der Waals surface area (Å²) in [5.41, 5.74) is 5.45. The van der Waals surface area contributed by atoms with Crippen LogP contribution in [0.5, 0.6) is 0 Å². The minimum absolute atomic E-state index is 0.215. The topological polar surface area (TPSA) is 102 Å². The Hall–Kier alpha value is -4.09. The van der Waals surface area contributed by atoms with Gasteiger partial charge in [-0.15, -0.1) is 11.3 Å². The van der Waals surface area contributed by atoms with Crippen molar-refractivity contribution in [3.8, 4) is 27.9 Å². The average molecular weight is 514 g/mol. The number of nitrogens with zero attached hydrogens (tertiary/aromatic N) is 3. The number of carbonyl (C=O) groups is 2. The molecule has 0 amide bonds. The van der Waals surface area contributed by atoms with E-state index in [0.29, 0.717) is 22.5 Å². The smallest absolute Gasteiger partial charge is 0.336 e. The maximum absolute atomic E-state index is 13.1. The fourth-order valence-electron chi connectivity index (χ4n) is 4.53. The van der Waals surface area contributed by atoms with Gasteiger partial charge in [-0.1, -0.05) is 30.3 Å². The van der Waals surface area contributed by atoms with E-state index in [0.717, 1.165) is 27.4 Å². The molecular formula is C29H27N3O4S. The van der Waals surface area contributed by atoms with Crippen LogP contribution < -0.4 is 0 Å². The van der Waals surface area contributed by atoms with E-state index in [4.69, 9.17) is 19.7 Å². The molecule has 0 fully saturated rings. The highest BCUT2D eigenvalue weighted by atomic mass is 32.1. The molecule has 2 atom stereocenters. The molecule has 0 N–H and O–H groups in total. The van der Waals surface area contributed by atoms with Crippen molar-refractivity contribution in [2.24, 2.45) is 10.9 Å². The van der Waals surface area contributed by atoms with Crippen molar-refractivity contribution in [1.29, 1.82) is 5.26 Å². The predicted molar refractivity (Wildman–Crippen MR) is 143 cm³/mol. The molecule has 0 aliphatic carbocycles. The highest BCUT2D eigenvalue weighted by Gasteiger charge is 2.42. The van der Waals surface area contributed by atoms with Crippen molar-refractivity contribution in [2.45, 2.75) is 33.6 Å². The van der Waals surface area contributed by atoms with Crippen LogP contribution in [-0.4, -0.2) is 35.8 Å². The summed E-state index contributed by atoms with van der Waals surface area (Å²) >= 11 is 1.50. The van der Waals surface area contributed by atoms with Crippen molar-refractivity contribution in [3.63, 3.8) is 0 Å². The molecule has 8 heteroatoms. The first-order chi connectivity index (χ1) is 17.9. The first kappa shape index (κ1) is 26.0. The zero-order chi connectivity index (χ0) is 26.5. The van der Waals surface area contributed by atoms with E-state index >= 15 is 0 Å². The second kappa shape index (κ2) is 11.3. The zero-order valence-electron chi connectivity index (χ0n) is 21.1. The van der Waals surface area contributed by atoms with Gasteiger partial charge in [-0.25, -0.2) is 9.78 Å². The number of benzene rings is 2. The normalized spacial score (nSPS) is 17.1. The fourth-order valence-corrected chi connectivity index (χ4v) is 5.35. The molecule has 2 unspecified atom stereocenters. The fraction of sp³-hybridized carbons (Fsp3) is 0.276. The number of aliphatic imine (C=N–C) groups is 1. The Labute approximate surface area is 220 Å². The van der Waals surface area contributed by atoms with E-state index in [1.807, 2.05) is 41.8 Å². The molecule has 37 heavy (non-hydrogen) atoms. The van der Waals surface area contributed by atoms with Crippen molar-refractivity contribution in [3.05, 3.63) is 76.3 Å². The maximum atomic E-state index is 13.1. The van der Waals surface area contributed by atoms with Crippen molar-refractivity contribution < 1.29 is 19.1 Å². The number of hydrogen-bond acceptors (Lipinski definition) is 8. The van der Waals surface area contributed by atoms with E-state index in [9.17, 15) is 9.59 Å². The zero-order valence-corrected chi connectivity index (χ0v) is 22.0. The minimum Gasteiger partial charge on any atom is -0.465 e. The largest absolute Gasteiger partial charge is 0.465 e. The number of esters is 2. The van der Waals surface area contributed by atoms with Crippen LogP contribution in [0.4, 0.5) is 0 Å². The molecule has 188 valence electrons. The molecular weight excluding hydrogens is 486 g/mol. The van der Waals surface area contributed by atoms with Crippen molar-refractivity contribution >= 4 is 29.0 Å². The monoisotopic (exact) mass is 513 g/mol. The molecule has 4 rings (SSSR count). The molecule has 7 nitrogen and oxygen atoms in total. The van der Waals surface area contributed by atoms with Gasteiger partial charge in [-0.2, -0.15) is 5.26 Å². The average Bonchev–Trinajstić information content (AvgIpc) is 3.39. The van der Waals surface area contributed by atoms with Crippen LogP contribution >= 0.6 is 11.3 Å². The molecule has 2 aromatic carbocycles. The SMILES string of the molecule is CCOC(=O)C1=C(C)N=C(C)C(C(=O)OCC)C1c1cccc(-c2nc(-c3ccc(C#N)cc3)cs2)c1. The molecule has 0 radical (unpaired) electrons. The van der Waals surface area contributed by atoms with Gasteiger partial charge in [0, 0.05) is 33.8 Å². The van der Waals surface area contributed by atoms with Crippen LogP contribution in [0.1, 0.15) is 44.7 Å². The van der Waals surface area contributed by atoms with Crippen LogP contribution in [0.2, 0.25) is 0 Å². The standard InChI is InChI=1S/C29H27N3O4S/c1-5-35-28(33)24-17(3)31-18(4)25(29(34)36-6-2)26(24)21-8-7-9-22(14-21)27-32-23(16-37-27)20-12-10-19(15-30)11-13-20/h7-14,16,24,26H,5-6H2,1-4H3. The molecule has 1 aliphatic heterocycles. The van der Waals surface area contributed by atoms with E-state index in [2.05, 4.69) is 11.1 Å². The van der Waals surface area contributed by atoms with Gasteiger partial charge in [0.2, 0.25) is 0 Å². The number of nitriles is 1. The second-order valence-electron chi connectivity index (χ2n) is 8.53. The lowest BCUT2D eigenvalue weighted by atomic mass is 9.75. The number of carbonyl (C=O) groups excluding carboxylic acids is 2. The molecule has 0 saturated heterocycles. The number of thiazole rings is 1. The Kier molecular flexibility index (Phi) is 7.95. The van der Waals surface area contributed by atoms with Crippen LogP contribution in [0.25, 0.3) is 21.8 Å². The molecule has 0 bridgehead atoms. The minimum atomic E-state index is -0.746. The third-order valence-electron chi connectivity index (χ3n) is 6.17. The van der Waals surface area contributed by atoms with E-state index in [1.54, 1.807) is 39.8 Å². The molecule has 1 aromatic heterocycles. The first-order valence-corrected chi connectivity index (χ1v) is 12.9. The second-order valence-corrected chi connectivity index (χ2v) is 9.39. The summed E-state index contributed by atoms with van der Waals surface area (Å²) in [5, 5.41) is 11.8. The maximum Gasteiger partial charge on any atom is 0.336 e. The Bertz CT molecular complexity index is 1430. The van der Waals surface area contributed by atoms with Crippen LogP contribution in [0.15, 0.2) is 70.2 Å². The lowest BCUT2D eigenvalue weighted by Gasteiger charge is -2.31. The third kappa shape index (κ3) is 5.37. The number of hydrogen-bond donors (Lipinski definition) is 0. The van der Waals surface area contributed by atoms with Gasteiger partial charge in [0.15, 0.2) is 0 Å². The quantitative estimate of drug-likeness (QED) is 0.363. The van der Waals surface area contributed by atoms with Crippen LogP contribution in [0, 0.1) is 17.2 Å². The number of allylic oxidation sites excluding steroid dienone is 1. The number of ether oxygens (including phenoxy) is 2. The number of aromatic nitrogens is 1. The number of rotatable bonds is 7. The van der Waals surface area contributed by atoms with Crippen LogP contribution in [-0.2, 0) is 19.1 Å². The summed E-state index contributed by atoms with van der Waals surface area (Å²) in [7, 11) is 0. The summed E-state index contributed by atoms with van der Waals surface area (Å²) < 4.78 is 10.7. The Morgan fingerprint density at radius 2 is 1.76 bits per heavy atom. The van der Waals surface area contributed by atoms with Gasteiger partial charge in [-0.3, -0.25) is 9.79 Å². The van der Waals surface area contributed by atoms with Gasteiger partial charge >= 0.3 is 11.9 Å². The first-order valence-electron chi connectivity index (χ1n) is 12.0. The van der Waals surface area contributed by atoms with E-state index < -0.39 is 23.8 Å². The molecule has 0 saturated carbocycles. The summed E-state index contributed by atoms with van der Waals surface area (Å²) in [5.74, 6) is -2.26. The molecule has 3 aromatic rings. The van der Waals surface area contributed by atoms with Crippen LogP contribution in [0.3, 0.4) is 0 Å². The lowest BCUT2D eigenvalue weighted by Crippen LogP contribution is -2.36. The van der Waals surface area contributed by atoms with Crippen molar-refractivity contribution in [1.82, 2.24) is 4.98 Å². The lowest BCUT2D eigenvalue weighted by molar-refractivity contribution is -0.146. The Balaban J connectivity index is 1.76. The molecule has 1 aliphatic rings. The molecule has 2 heterocycles. The van der Waals surface area contributed by atoms with Gasteiger partial charge in [0.25, 0.3) is 0 Å². The van der Waals surface area contributed by atoms with Gasteiger partial charge in [-0.05, 0) is 51.5 Å². The highest BCUT2D eigenvalue weighted by Crippen LogP contribution is 2.41. The molecule has 0 spiro atoms. The predicted octanol–water partition coefficient (Wildman–Crippen LogP) is 5.92. The summed E-state index contributed by atoms with van der Waals surface area (Å²) in [4.78, 5) is 35.5. The van der Waals surface area contributed by atoms with Gasteiger partial charge in [0.05, 0.1) is 36.1 Å². The Morgan fingerprint density at radius 3 is 2.43 bits per heavy atom. The van der Waals surface area contributed by atoms with Gasteiger partial charge < -0.3 is 9.47 Å². The Morgan fingerprint density at radius 1 is 1.03 bits per heavy atom. The van der Waals surface area contributed by atoms with E-state index in [-0.39, 0.29) is 13.2 Å². The third-order valence-corrected chi connectivity index (χ3v) is 7.06. The van der Waals surface area contributed by atoms with Crippen molar-refractivity contribution in [2.75, 3.05) is 13.2 Å². The van der Waals surface area contributed by atoms with E-state index in [1.165, 1.54) is 11.3 Å². The van der Waals surface area contributed by atoms with Gasteiger partial charge in [0.1, 0.15) is 10.9 Å². The highest BCUT2D eigenvalue weighted by molar-refractivity contribution is 7.13. The summed E-state index contributed by atoms with van der Waals surface area (Å²) in [6.07, 6.45) is 0. The summed E-state index contributed by atoms with van der Waals surface area (Å²) in [6, 6.07) is 17.1.